The average Bonchev–Trinajstić information content (AvgIpc) is 3.46. The summed E-state index contributed by atoms with van der Waals surface area (Å²) in [6, 6.07) is 5.05. The molecule has 1 saturated heterocycles. The summed E-state index contributed by atoms with van der Waals surface area (Å²) >= 11 is 0. The SMILES string of the molecule is CC[C@@]1(O)C(=O)OCc2c1cc1n(c2=O)Cc2cc3c(CN(C)C)c(OC(=O)N4C[C@H](C)N(C(=O)[C@@H](N)CCCNC(N)=O)C[C@H]4C)ccc3nc2-1. The lowest BCUT2D eigenvalue weighted by Gasteiger charge is -2.44. The molecule has 52 heavy (non-hydrogen) atoms. The minimum absolute atomic E-state index is 0.0493. The van der Waals surface area contributed by atoms with E-state index in [1.807, 2.05) is 38.9 Å². The van der Waals surface area contributed by atoms with Crippen molar-refractivity contribution in [2.24, 2.45) is 11.5 Å². The molecule has 0 aliphatic carbocycles. The Morgan fingerprint density at radius 1 is 1.15 bits per heavy atom. The van der Waals surface area contributed by atoms with Gasteiger partial charge in [0.05, 0.1) is 35.1 Å². The van der Waals surface area contributed by atoms with Gasteiger partial charge >= 0.3 is 18.1 Å². The van der Waals surface area contributed by atoms with Crippen LogP contribution in [0.25, 0.3) is 22.3 Å². The van der Waals surface area contributed by atoms with Crippen LogP contribution in [0.4, 0.5) is 9.59 Å². The molecular formula is C36H46N8O8. The molecule has 4 amide bonds. The fraction of sp³-hybridized carbons (Fsp3) is 0.500. The standard InChI is InChI=1S/C36H46N8O8/c1-6-36(50)25-13-28-30-21(16-44(28)31(45)24(25)18-51-33(36)47)12-22-23(17-41(4)5)29(10-9-27(22)40-30)52-35(49)43-15-19(2)42(14-20(43)3)32(46)26(37)8-7-11-39-34(38)48/h9-10,12-13,19-20,26,50H,6-8,11,14-18,37H2,1-5H3,(H3,38,39,48)/t19-,20+,26-,36-/m0/s1. The molecule has 0 bridgehead atoms. The van der Waals surface area contributed by atoms with Crippen molar-refractivity contribution in [2.75, 3.05) is 33.7 Å². The predicted molar refractivity (Wildman–Crippen MR) is 190 cm³/mol. The van der Waals surface area contributed by atoms with Crippen molar-refractivity contribution >= 4 is 34.9 Å². The maximum Gasteiger partial charge on any atom is 0.415 e. The van der Waals surface area contributed by atoms with Crippen LogP contribution in [0, 0.1) is 0 Å². The van der Waals surface area contributed by atoms with Crippen LogP contribution in [0.1, 0.15) is 62.3 Å². The molecule has 3 aliphatic heterocycles. The number of aliphatic hydroxyl groups is 1. The van der Waals surface area contributed by atoms with E-state index in [2.05, 4.69) is 5.32 Å². The van der Waals surface area contributed by atoms with Crippen LogP contribution in [0.5, 0.6) is 5.75 Å². The van der Waals surface area contributed by atoms with Crippen LogP contribution < -0.4 is 27.1 Å². The number of primary amides is 1. The van der Waals surface area contributed by atoms with Crippen molar-refractivity contribution in [1.82, 2.24) is 29.6 Å². The first-order valence-electron chi connectivity index (χ1n) is 17.5. The van der Waals surface area contributed by atoms with E-state index in [4.69, 9.17) is 25.9 Å². The Balaban J connectivity index is 1.24. The van der Waals surface area contributed by atoms with E-state index < -0.39 is 29.7 Å². The number of esters is 1. The molecule has 3 aliphatic rings. The first kappa shape index (κ1) is 36.7. The molecule has 0 spiro atoms. The fourth-order valence-electron chi connectivity index (χ4n) is 7.38. The lowest BCUT2D eigenvalue weighted by atomic mass is 9.86. The van der Waals surface area contributed by atoms with Gasteiger partial charge in [-0.3, -0.25) is 9.59 Å². The topological polar surface area (TPSA) is 216 Å². The molecule has 3 aromatic rings. The number of carbonyl (C=O) groups excluding carboxylic acids is 4. The number of ether oxygens (including phenoxy) is 2. The van der Waals surface area contributed by atoms with Crippen LogP contribution >= 0.6 is 0 Å². The molecule has 0 unspecified atom stereocenters. The number of carbonyl (C=O) groups is 4. The zero-order chi connectivity index (χ0) is 37.6. The van der Waals surface area contributed by atoms with E-state index >= 15 is 0 Å². The van der Waals surface area contributed by atoms with Crippen molar-refractivity contribution in [3.8, 4) is 17.1 Å². The molecule has 6 N–H and O–H groups in total. The lowest BCUT2D eigenvalue weighted by Crippen LogP contribution is -2.62. The molecule has 278 valence electrons. The first-order chi connectivity index (χ1) is 24.6. The largest absolute Gasteiger partial charge is 0.458 e. The number of nitrogens with two attached hydrogens (primary N) is 2. The number of nitrogens with zero attached hydrogens (tertiary/aromatic N) is 5. The van der Waals surface area contributed by atoms with Crippen LogP contribution in [0.2, 0.25) is 0 Å². The predicted octanol–water partition coefficient (Wildman–Crippen LogP) is 1.34. The molecule has 4 atom stereocenters. The number of piperazine rings is 1. The van der Waals surface area contributed by atoms with Gasteiger partial charge in [-0.2, -0.15) is 0 Å². The van der Waals surface area contributed by atoms with E-state index in [9.17, 15) is 29.1 Å². The van der Waals surface area contributed by atoms with Crippen LogP contribution in [-0.4, -0.2) is 105 Å². The Bertz CT molecular complexity index is 2010. The summed E-state index contributed by atoms with van der Waals surface area (Å²) in [6.07, 6.45) is 0.375. The number of hydrogen-bond acceptors (Lipinski definition) is 11. The van der Waals surface area contributed by atoms with Gasteiger partial charge in [0, 0.05) is 60.3 Å². The van der Waals surface area contributed by atoms with Gasteiger partial charge < -0.3 is 50.6 Å². The van der Waals surface area contributed by atoms with Gasteiger partial charge in [-0.15, -0.1) is 0 Å². The third kappa shape index (κ3) is 6.57. The normalized spacial score (nSPS) is 21.3. The number of fused-ring (bicyclic) bond motifs is 5. The second-order valence-corrected chi connectivity index (χ2v) is 14.2. The Labute approximate surface area is 300 Å². The number of cyclic esters (lactones) is 1. The zero-order valence-corrected chi connectivity index (χ0v) is 30.1. The van der Waals surface area contributed by atoms with E-state index in [-0.39, 0.29) is 67.3 Å². The van der Waals surface area contributed by atoms with Gasteiger partial charge in [0.25, 0.3) is 5.56 Å². The number of pyridine rings is 2. The third-order valence-corrected chi connectivity index (χ3v) is 10.2. The number of aromatic nitrogens is 2. The minimum Gasteiger partial charge on any atom is -0.458 e. The van der Waals surface area contributed by atoms with Gasteiger partial charge in [-0.25, -0.2) is 19.4 Å². The van der Waals surface area contributed by atoms with Crippen molar-refractivity contribution < 1.29 is 33.8 Å². The molecule has 16 heteroatoms. The highest BCUT2D eigenvalue weighted by Crippen LogP contribution is 2.40. The quantitative estimate of drug-likeness (QED) is 0.143. The first-order valence-corrected chi connectivity index (χ1v) is 17.5. The van der Waals surface area contributed by atoms with Crippen molar-refractivity contribution in [1.29, 1.82) is 0 Å². The van der Waals surface area contributed by atoms with Gasteiger partial charge in [0.1, 0.15) is 12.4 Å². The lowest BCUT2D eigenvalue weighted by molar-refractivity contribution is -0.172. The smallest absolute Gasteiger partial charge is 0.415 e. The number of rotatable bonds is 9. The number of nitrogens with one attached hydrogen (secondary N) is 1. The summed E-state index contributed by atoms with van der Waals surface area (Å²) in [5.74, 6) is -0.634. The maximum atomic E-state index is 13.7. The number of benzene rings is 1. The van der Waals surface area contributed by atoms with E-state index in [1.54, 1.807) is 39.5 Å². The number of hydrogen-bond donors (Lipinski definition) is 4. The van der Waals surface area contributed by atoms with Gasteiger partial charge in [-0.1, -0.05) is 6.92 Å². The molecule has 2 aromatic heterocycles. The molecular weight excluding hydrogens is 672 g/mol. The molecule has 1 aromatic carbocycles. The molecule has 6 rings (SSSR count). The summed E-state index contributed by atoms with van der Waals surface area (Å²) in [5.41, 5.74) is 12.7. The van der Waals surface area contributed by atoms with Gasteiger partial charge in [0.15, 0.2) is 5.60 Å². The van der Waals surface area contributed by atoms with Crippen LogP contribution in [-0.2, 0) is 39.6 Å². The summed E-state index contributed by atoms with van der Waals surface area (Å²) < 4.78 is 12.9. The highest BCUT2D eigenvalue weighted by molar-refractivity contribution is 5.90. The van der Waals surface area contributed by atoms with Crippen LogP contribution in [0.15, 0.2) is 29.1 Å². The second-order valence-electron chi connectivity index (χ2n) is 14.2. The Morgan fingerprint density at radius 3 is 2.56 bits per heavy atom. The molecule has 5 heterocycles. The van der Waals surface area contributed by atoms with Gasteiger partial charge in [-0.05, 0) is 71.5 Å². The third-order valence-electron chi connectivity index (χ3n) is 10.2. The molecule has 0 radical (unpaired) electrons. The highest BCUT2D eigenvalue weighted by Gasteiger charge is 2.45. The zero-order valence-electron chi connectivity index (χ0n) is 30.1. The summed E-state index contributed by atoms with van der Waals surface area (Å²) in [6.45, 7) is 6.66. The van der Waals surface area contributed by atoms with Crippen molar-refractivity contribution in [3.05, 3.63) is 56.9 Å². The van der Waals surface area contributed by atoms with E-state index in [1.165, 1.54) is 0 Å². The van der Waals surface area contributed by atoms with E-state index in [0.29, 0.717) is 48.6 Å². The maximum absolute atomic E-state index is 13.7. The van der Waals surface area contributed by atoms with Crippen LogP contribution in [0.3, 0.4) is 0 Å². The van der Waals surface area contributed by atoms with E-state index in [0.717, 1.165) is 16.5 Å². The minimum atomic E-state index is -1.92. The number of amides is 4. The van der Waals surface area contributed by atoms with Crippen molar-refractivity contribution in [3.63, 3.8) is 0 Å². The highest BCUT2D eigenvalue weighted by atomic mass is 16.6. The molecule has 16 nitrogen and oxygen atoms in total. The molecule has 1 fully saturated rings. The van der Waals surface area contributed by atoms with Crippen molar-refractivity contribution in [2.45, 2.75) is 83.5 Å². The Hall–Kier alpha value is -5.06. The Morgan fingerprint density at radius 2 is 1.87 bits per heavy atom. The monoisotopic (exact) mass is 718 g/mol. The fourth-order valence-corrected chi connectivity index (χ4v) is 7.38. The Kier molecular flexibility index (Phi) is 10.0. The average molecular weight is 719 g/mol. The summed E-state index contributed by atoms with van der Waals surface area (Å²) in [5, 5.41) is 14.4. The molecule has 0 saturated carbocycles. The summed E-state index contributed by atoms with van der Waals surface area (Å²) in [4.78, 5) is 74.3. The number of urea groups is 1. The second kappa shape index (κ2) is 14.2. The summed E-state index contributed by atoms with van der Waals surface area (Å²) in [7, 11) is 3.81. The van der Waals surface area contributed by atoms with Gasteiger partial charge in [0.2, 0.25) is 5.91 Å².